The lowest BCUT2D eigenvalue weighted by molar-refractivity contribution is 0.230. The van der Waals surface area contributed by atoms with Gasteiger partial charge in [0.15, 0.2) is 9.84 Å². The van der Waals surface area contributed by atoms with Crippen LogP contribution < -0.4 is 10.6 Å². The van der Waals surface area contributed by atoms with Crippen molar-refractivity contribution in [2.24, 2.45) is 5.92 Å². The number of carbonyl (C=O) groups is 1. The number of benzene rings is 1. The van der Waals surface area contributed by atoms with Crippen LogP contribution in [-0.4, -0.2) is 45.2 Å². The van der Waals surface area contributed by atoms with Crippen LogP contribution in [0.25, 0.3) is 0 Å². The summed E-state index contributed by atoms with van der Waals surface area (Å²) < 4.78 is 25.6. The van der Waals surface area contributed by atoms with E-state index in [1.54, 1.807) is 26.2 Å². The number of amides is 2. The van der Waals surface area contributed by atoms with Crippen molar-refractivity contribution in [1.82, 2.24) is 10.2 Å². The van der Waals surface area contributed by atoms with E-state index in [1.165, 1.54) is 4.90 Å². The van der Waals surface area contributed by atoms with Crippen LogP contribution in [0, 0.1) is 5.92 Å². The van der Waals surface area contributed by atoms with Gasteiger partial charge in [-0.25, -0.2) is 13.2 Å². The summed E-state index contributed by atoms with van der Waals surface area (Å²) in [5.41, 5.74) is 1.41. The Morgan fingerprint density at radius 3 is 2.50 bits per heavy atom. The van der Waals surface area contributed by atoms with E-state index in [9.17, 15) is 13.2 Å². The van der Waals surface area contributed by atoms with Crippen LogP contribution in [0.15, 0.2) is 23.1 Å². The molecule has 0 bridgehead atoms. The van der Waals surface area contributed by atoms with E-state index in [0.29, 0.717) is 16.5 Å². The monoisotopic (exact) mass is 351 g/mol. The van der Waals surface area contributed by atoms with E-state index in [4.69, 9.17) is 0 Å². The second-order valence-electron chi connectivity index (χ2n) is 7.02. The van der Waals surface area contributed by atoms with Gasteiger partial charge in [0.1, 0.15) is 0 Å². The quantitative estimate of drug-likeness (QED) is 0.873. The lowest BCUT2D eigenvalue weighted by Crippen LogP contribution is -2.27. The van der Waals surface area contributed by atoms with Gasteiger partial charge < -0.3 is 15.5 Å². The fraction of sp³-hybridized carbons (Fsp3) is 0.588. The summed E-state index contributed by atoms with van der Waals surface area (Å²) >= 11 is 0. The number of hydrogen-bond acceptors (Lipinski definition) is 4. The Morgan fingerprint density at radius 1 is 1.25 bits per heavy atom. The molecule has 2 N–H and O–H groups in total. The van der Waals surface area contributed by atoms with Crippen molar-refractivity contribution >= 4 is 21.6 Å². The van der Waals surface area contributed by atoms with Gasteiger partial charge in [-0.2, -0.15) is 0 Å². The first-order valence-corrected chi connectivity index (χ1v) is 9.95. The summed E-state index contributed by atoms with van der Waals surface area (Å²) in [7, 11) is 0.0568. The third kappa shape index (κ3) is 3.28. The number of nitrogens with zero attached hydrogens (tertiary/aromatic N) is 1. The zero-order chi connectivity index (χ0) is 17.5. The fourth-order valence-corrected chi connectivity index (χ4v) is 5.06. The summed E-state index contributed by atoms with van der Waals surface area (Å²) in [6.07, 6.45) is 2.50. The maximum absolute atomic E-state index is 12.8. The normalized spacial score (nSPS) is 24.0. The zero-order valence-electron chi connectivity index (χ0n) is 14.4. The number of carbonyl (C=O) groups excluding carboxylic acids is 1. The molecule has 132 valence electrons. The highest BCUT2D eigenvalue weighted by molar-refractivity contribution is 7.92. The Bertz CT molecular complexity index is 741. The highest BCUT2D eigenvalue weighted by Gasteiger charge is 2.40. The molecule has 2 aliphatic rings. The second-order valence-corrected chi connectivity index (χ2v) is 9.22. The lowest BCUT2D eigenvalue weighted by Gasteiger charge is -2.21. The van der Waals surface area contributed by atoms with E-state index in [1.807, 2.05) is 6.07 Å². The molecule has 0 spiro atoms. The molecule has 7 heteroatoms. The first-order chi connectivity index (χ1) is 11.3. The molecule has 24 heavy (non-hydrogen) atoms. The molecule has 1 saturated heterocycles. The number of urea groups is 1. The second kappa shape index (κ2) is 6.37. The third-order valence-corrected chi connectivity index (χ3v) is 7.14. The van der Waals surface area contributed by atoms with Crippen LogP contribution in [0.3, 0.4) is 0 Å². The Morgan fingerprint density at radius 2 is 1.96 bits per heavy atom. The van der Waals surface area contributed by atoms with Crippen LogP contribution >= 0.6 is 0 Å². The zero-order valence-corrected chi connectivity index (χ0v) is 15.2. The van der Waals surface area contributed by atoms with Crippen molar-refractivity contribution in [1.29, 1.82) is 0 Å². The van der Waals surface area contributed by atoms with Gasteiger partial charge in [0.2, 0.25) is 0 Å². The number of rotatable bonds is 4. The molecule has 1 aromatic carbocycles. The maximum Gasteiger partial charge on any atom is 0.321 e. The SMILES string of the molecule is C[C@H]1CCN[C@H]1c1cc(NC(=O)N(C)C)ccc1S(=O)(=O)C1CC1. The van der Waals surface area contributed by atoms with Crippen LogP contribution in [0.5, 0.6) is 0 Å². The largest absolute Gasteiger partial charge is 0.331 e. The van der Waals surface area contributed by atoms with Crippen LogP contribution in [-0.2, 0) is 9.84 Å². The Balaban J connectivity index is 2.01. The molecule has 0 unspecified atom stereocenters. The first-order valence-electron chi connectivity index (χ1n) is 8.40. The molecular weight excluding hydrogens is 326 g/mol. The molecule has 3 rings (SSSR count). The predicted molar refractivity (Wildman–Crippen MR) is 93.9 cm³/mol. The average Bonchev–Trinajstić information content (AvgIpc) is 3.30. The van der Waals surface area contributed by atoms with Crippen molar-refractivity contribution in [2.75, 3.05) is 26.0 Å². The van der Waals surface area contributed by atoms with Gasteiger partial charge in [0, 0.05) is 25.8 Å². The molecule has 1 saturated carbocycles. The summed E-state index contributed by atoms with van der Waals surface area (Å²) in [5.74, 6) is 0.359. The summed E-state index contributed by atoms with van der Waals surface area (Å²) in [6, 6.07) is 4.92. The minimum absolute atomic E-state index is 0.00438. The minimum atomic E-state index is -3.28. The summed E-state index contributed by atoms with van der Waals surface area (Å²) in [5, 5.41) is 5.98. The average molecular weight is 351 g/mol. The third-order valence-electron chi connectivity index (χ3n) is 4.81. The van der Waals surface area contributed by atoms with E-state index in [-0.39, 0.29) is 17.3 Å². The van der Waals surface area contributed by atoms with Crippen LogP contribution in [0.1, 0.15) is 37.8 Å². The van der Waals surface area contributed by atoms with Gasteiger partial charge in [-0.15, -0.1) is 0 Å². The molecule has 6 nitrogen and oxygen atoms in total. The molecule has 1 aliphatic heterocycles. The number of hydrogen-bond donors (Lipinski definition) is 2. The van der Waals surface area contributed by atoms with Gasteiger partial charge >= 0.3 is 6.03 Å². The van der Waals surface area contributed by atoms with E-state index in [2.05, 4.69) is 17.6 Å². The standard InChI is InChI=1S/C17H25N3O3S/c1-11-8-9-18-16(11)14-10-12(19-17(21)20(2)3)4-7-15(14)24(22,23)13-5-6-13/h4,7,10-11,13,16,18H,5-6,8-9H2,1-3H3,(H,19,21)/t11-,16+/m0/s1. The van der Waals surface area contributed by atoms with E-state index >= 15 is 0 Å². The summed E-state index contributed by atoms with van der Waals surface area (Å²) in [4.78, 5) is 13.8. The Kier molecular flexibility index (Phi) is 4.57. The summed E-state index contributed by atoms with van der Waals surface area (Å²) in [6.45, 7) is 3.01. The Hall–Kier alpha value is -1.60. The van der Waals surface area contributed by atoms with Gasteiger partial charge in [0.05, 0.1) is 10.1 Å². The molecule has 0 aromatic heterocycles. The smallest absolute Gasteiger partial charge is 0.321 e. The first kappa shape index (κ1) is 17.2. The van der Waals surface area contributed by atoms with Crippen molar-refractivity contribution in [3.63, 3.8) is 0 Å². The fourth-order valence-electron chi connectivity index (χ4n) is 3.17. The van der Waals surface area contributed by atoms with Gasteiger partial charge in [-0.1, -0.05) is 6.92 Å². The van der Waals surface area contributed by atoms with Crippen LogP contribution in [0.4, 0.5) is 10.5 Å². The molecule has 2 fully saturated rings. The highest BCUT2D eigenvalue weighted by Crippen LogP contribution is 2.40. The molecule has 2 atom stereocenters. The van der Waals surface area contributed by atoms with Gasteiger partial charge in [-0.3, -0.25) is 0 Å². The lowest BCUT2D eigenvalue weighted by atomic mass is 9.95. The molecule has 1 aromatic rings. The maximum atomic E-state index is 12.8. The number of nitrogens with one attached hydrogen (secondary N) is 2. The van der Waals surface area contributed by atoms with Crippen molar-refractivity contribution in [3.8, 4) is 0 Å². The van der Waals surface area contributed by atoms with Crippen LogP contribution in [0.2, 0.25) is 0 Å². The Labute approximate surface area is 143 Å². The molecule has 0 radical (unpaired) electrons. The van der Waals surface area contributed by atoms with Gasteiger partial charge in [-0.05, 0) is 55.5 Å². The molecule has 1 aliphatic carbocycles. The molecule has 2 amide bonds. The highest BCUT2D eigenvalue weighted by atomic mass is 32.2. The van der Waals surface area contributed by atoms with Crippen molar-refractivity contribution < 1.29 is 13.2 Å². The van der Waals surface area contributed by atoms with Crippen molar-refractivity contribution in [3.05, 3.63) is 23.8 Å². The predicted octanol–water partition coefficient (Wildman–Crippen LogP) is 2.39. The van der Waals surface area contributed by atoms with Gasteiger partial charge in [0.25, 0.3) is 0 Å². The molecule has 1 heterocycles. The van der Waals surface area contributed by atoms with Crippen molar-refractivity contribution in [2.45, 2.75) is 42.4 Å². The molecular formula is C17H25N3O3S. The van der Waals surface area contributed by atoms with E-state index < -0.39 is 9.84 Å². The number of sulfone groups is 1. The number of anilines is 1. The van der Waals surface area contributed by atoms with E-state index in [0.717, 1.165) is 31.4 Å². The topological polar surface area (TPSA) is 78.5 Å². The minimum Gasteiger partial charge on any atom is -0.331 e.